The molecule has 1 amide bonds. The Morgan fingerprint density at radius 2 is 1.88 bits per heavy atom. The molecule has 1 saturated heterocycles. The second kappa shape index (κ2) is 5.38. The first-order chi connectivity index (χ1) is 8.17. The molecule has 0 atom stereocenters. The average Bonchev–Trinajstić information content (AvgIpc) is 2.80. The summed E-state index contributed by atoms with van der Waals surface area (Å²) in [6.07, 6.45) is 6.88. The van der Waals surface area contributed by atoms with Crippen molar-refractivity contribution in [3.63, 3.8) is 0 Å². The van der Waals surface area contributed by atoms with E-state index in [0.717, 1.165) is 45.3 Å². The van der Waals surface area contributed by atoms with Crippen LogP contribution >= 0.6 is 0 Å². The van der Waals surface area contributed by atoms with Gasteiger partial charge in [0.2, 0.25) is 5.91 Å². The Bertz CT molecular complexity index is 265. The van der Waals surface area contributed by atoms with Crippen LogP contribution in [0.2, 0.25) is 0 Å². The molecule has 2 fully saturated rings. The van der Waals surface area contributed by atoms with Crippen molar-refractivity contribution < 1.29 is 4.79 Å². The summed E-state index contributed by atoms with van der Waals surface area (Å²) < 4.78 is 0. The minimum absolute atomic E-state index is 0.0547. The van der Waals surface area contributed by atoms with E-state index in [4.69, 9.17) is 0 Å². The van der Waals surface area contributed by atoms with Crippen molar-refractivity contribution in [1.82, 2.24) is 10.2 Å². The minimum atomic E-state index is -0.0547. The van der Waals surface area contributed by atoms with Gasteiger partial charge in [0, 0.05) is 18.0 Å². The van der Waals surface area contributed by atoms with E-state index in [1.165, 1.54) is 12.8 Å². The average molecular weight is 238 g/mol. The molecular formula is C14H26N2O. The first-order valence-electron chi connectivity index (χ1n) is 7.19. The maximum Gasteiger partial charge on any atom is 0.228 e. The van der Waals surface area contributed by atoms with Crippen LogP contribution < -0.4 is 5.32 Å². The summed E-state index contributed by atoms with van der Waals surface area (Å²) in [6.45, 7) is 7.29. The van der Waals surface area contributed by atoms with E-state index in [2.05, 4.69) is 24.1 Å². The van der Waals surface area contributed by atoms with Crippen LogP contribution in [-0.4, -0.2) is 36.5 Å². The lowest BCUT2D eigenvalue weighted by Crippen LogP contribution is -2.50. The molecule has 2 aliphatic rings. The topological polar surface area (TPSA) is 32.3 Å². The highest BCUT2D eigenvalue weighted by atomic mass is 16.2. The lowest BCUT2D eigenvalue weighted by molar-refractivity contribution is -0.143. The van der Waals surface area contributed by atoms with Crippen LogP contribution in [0.5, 0.6) is 0 Å². The second-order valence-corrected chi connectivity index (χ2v) is 5.84. The van der Waals surface area contributed by atoms with Gasteiger partial charge in [-0.15, -0.1) is 0 Å². The van der Waals surface area contributed by atoms with Crippen LogP contribution in [0, 0.1) is 5.41 Å². The Kier molecular flexibility index (Phi) is 4.08. The Balaban J connectivity index is 2.03. The van der Waals surface area contributed by atoms with Crippen molar-refractivity contribution in [1.29, 1.82) is 0 Å². The highest BCUT2D eigenvalue weighted by molar-refractivity contribution is 5.83. The van der Waals surface area contributed by atoms with Gasteiger partial charge in [0.25, 0.3) is 0 Å². The number of nitrogens with one attached hydrogen (secondary N) is 1. The predicted molar refractivity (Wildman–Crippen MR) is 69.9 cm³/mol. The van der Waals surface area contributed by atoms with Gasteiger partial charge in [-0.2, -0.15) is 0 Å². The smallest absolute Gasteiger partial charge is 0.228 e. The van der Waals surface area contributed by atoms with E-state index < -0.39 is 0 Å². The molecule has 0 spiro atoms. The van der Waals surface area contributed by atoms with Gasteiger partial charge in [0.15, 0.2) is 0 Å². The lowest BCUT2D eigenvalue weighted by atomic mass is 9.86. The molecule has 1 saturated carbocycles. The number of carbonyl (C=O) groups is 1. The fraction of sp³-hybridized carbons (Fsp3) is 0.929. The van der Waals surface area contributed by atoms with Gasteiger partial charge in [-0.1, -0.05) is 19.8 Å². The number of hydrogen-bond donors (Lipinski definition) is 1. The maximum absolute atomic E-state index is 12.7. The summed E-state index contributed by atoms with van der Waals surface area (Å²) in [5.41, 5.74) is -0.0547. The number of nitrogens with zero attached hydrogens (tertiary/aromatic N) is 1. The summed E-state index contributed by atoms with van der Waals surface area (Å²) >= 11 is 0. The van der Waals surface area contributed by atoms with E-state index in [-0.39, 0.29) is 5.41 Å². The zero-order chi connectivity index (χ0) is 12.3. The molecule has 1 heterocycles. The Hall–Kier alpha value is -0.570. The summed E-state index contributed by atoms with van der Waals surface area (Å²) in [6, 6.07) is 0.478. The Morgan fingerprint density at radius 3 is 2.41 bits per heavy atom. The highest BCUT2D eigenvalue weighted by Crippen LogP contribution is 2.39. The minimum Gasteiger partial charge on any atom is -0.339 e. The Labute approximate surface area is 105 Å². The van der Waals surface area contributed by atoms with Gasteiger partial charge >= 0.3 is 0 Å². The van der Waals surface area contributed by atoms with E-state index in [1.54, 1.807) is 0 Å². The zero-order valence-electron chi connectivity index (χ0n) is 11.3. The zero-order valence-corrected chi connectivity index (χ0v) is 11.3. The van der Waals surface area contributed by atoms with Crippen LogP contribution in [0.15, 0.2) is 0 Å². The number of rotatable bonds is 3. The van der Waals surface area contributed by atoms with Crippen LogP contribution in [-0.2, 0) is 4.79 Å². The Morgan fingerprint density at radius 1 is 1.29 bits per heavy atom. The molecule has 3 heteroatoms. The molecular weight excluding hydrogens is 212 g/mol. The van der Waals surface area contributed by atoms with Crippen LogP contribution in [0.25, 0.3) is 0 Å². The molecule has 1 aliphatic carbocycles. The molecule has 3 nitrogen and oxygen atoms in total. The third-order valence-corrected chi connectivity index (χ3v) is 4.57. The van der Waals surface area contributed by atoms with Gasteiger partial charge in [0.05, 0.1) is 0 Å². The third-order valence-electron chi connectivity index (χ3n) is 4.57. The third kappa shape index (κ3) is 2.65. The predicted octanol–water partition coefficient (Wildman–Crippen LogP) is 2.17. The molecule has 98 valence electrons. The van der Waals surface area contributed by atoms with Gasteiger partial charge in [0.1, 0.15) is 0 Å². The van der Waals surface area contributed by atoms with E-state index in [1.807, 2.05) is 0 Å². The summed E-state index contributed by atoms with van der Waals surface area (Å²) in [5, 5.41) is 3.37. The van der Waals surface area contributed by atoms with Crippen molar-refractivity contribution in [3.8, 4) is 0 Å². The quantitative estimate of drug-likeness (QED) is 0.817. The van der Waals surface area contributed by atoms with Crippen LogP contribution in [0.1, 0.15) is 52.4 Å². The molecule has 2 rings (SSSR count). The number of piperidine rings is 1. The first kappa shape index (κ1) is 12.9. The van der Waals surface area contributed by atoms with Crippen molar-refractivity contribution in [2.75, 3.05) is 19.6 Å². The molecule has 1 N–H and O–H groups in total. The van der Waals surface area contributed by atoms with Gasteiger partial charge < -0.3 is 10.2 Å². The van der Waals surface area contributed by atoms with E-state index in [0.29, 0.717) is 11.9 Å². The SMILES string of the molecule is CCN(C(=O)C1(C)CCCC1)C1CCNCC1. The molecule has 0 radical (unpaired) electrons. The molecule has 17 heavy (non-hydrogen) atoms. The van der Waals surface area contributed by atoms with Crippen molar-refractivity contribution in [3.05, 3.63) is 0 Å². The molecule has 0 aromatic rings. The first-order valence-corrected chi connectivity index (χ1v) is 7.19. The highest BCUT2D eigenvalue weighted by Gasteiger charge is 2.40. The van der Waals surface area contributed by atoms with E-state index >= 15 is 0 Å². The van der Waals surface area contributed by atoms with Gasteiger partial charge in [-0.3, -0.25) is 4.79 Å². The van der Waals surface area contributed by atoms with E-state index in [9.17, 15) is 4.79 Å². The second-order valence-electron chi connectivity index (χ2n) is 5.84. The largest absolute Gasteiger partial charge is 0.339 e. The van der Waals surface area contributed by atoms with Crippen molar-refractivity contribution >= 4 is 5.91 Å². The standard InChI is InChI=1S/C14H26N2O/c1-3-16(12-6-10-15-11-7-12)13(17)14(2)8-4-5-9-14/h12,15H,3-11H2,1-2H3. The summed E-state index contributed by atoms with van der Waals surface area (Å²) in [5.74, 6) is 0.421. The van der Waals surface area contributed by atoms with Crippen molar-refractivity contribution in [2.24, 2.45) is 5.41 Å². The van der Waals surface area contributed by atoms with Gasteiger partial charge in [-0.25, -0.2) is 0 Å². The number of hydrogen-bond acceptors (Lipinski definition) is 2. The lowest BCUT2D eigenvalue weighted by Gasteiger charge is -2.38. The number of carbonyl (C=O) groups excluding carboxylic acids is 1. The normalized spacial score (nSPS) is 24.8. The van der Waals surface area contributed by atoms with Crippen molar-refractivity contribution in [2.45, 2.75) is 58.4 Å². The maximum atomic E-state index is 12.7. The molecule has 0 aromatic heterocycles. The number of amides is 1. The van der Waals surface area contributed by atoms with Gasteiger partial charge in [-0.05, 0) is 45.7 Å². The molecule has 1 aliphatic heterocycles. The summed E-state index contributed by atoms with van der Waals surface area (Å²) in [4.78, 5) is 14.9. The molecule has 0 unspecified atom stereocenters. The van der Waals surface area contributed by atoms with Crippen LogP contribution in [0.3, 0.4) is 0 Å². The monoisotopic (exact) mass is 238 g/mol. The summed E-state index contributed by atoms with van der Waals surface area (Å²) in [7, 11) is 0. The fourth-order valence-electron chi connectivity index (χ4n) is 3.40. The van der Waals surface area contributed by atoms with Crippen LogP contribution in [0.4, 0.5) is 0 Å². The molecule has 0 bridgehead atoms. The molecule has 0 aromatic carbocycles. The fourth-order valence-corrected chi connectivity index (χ4v) is 3.40.